The van der Waals surface area contributed by atoms with E-state index in [1.807, 2.05) is 0 Å². The lowest BCUT2D eigenvalue weighted by Crippen LogP contribution is -2.38. The topological polar surface area (TPSA) is 0 Å². The molecule has 0 aromatic carbocycles. The molecule has 10 heavy (non-hydrogen) atoms. The fourth-order valence-electron chi connectivity index (χ4n) is 3.98. The molecule has 0 nitrogen and oxygen atoms in total. The summed E-state index contributed by atoms with van der Waals surface area (Å²) in [4.78, 5) is 0. The van der Waals surface area contributed by atoms with Gasteiger partial charge in [-0.3, -0.25) is 0 Å². The second-order valence-electron chi connectivity index (χ2n) is 4.88. The van der Waals surface area contributed by atoms with Crippen LogP contribution < -0.4 is 0 Å². The Morgan fingerprint density at radius 1 is 0.400 bits per heavy atom. The van der Waals surface area contributed by atoms with Crippen LogP contribution in [0.15, 0.2) is 0 Å². The van der Waals surface area contributed by atoms with Crippen LogP contribution in [0.2, 0.25) is 0 Å². The fraction of sp³-hybridized carbons (Fsp3) is 1.00. The van der Waals surface area contributed by atoms with E-state index in [1.54, 1.807) is 38.5 Å². The predicted molar refractivity (Wildman–Crippen MR) is 41.7 cm³/mol. The highest BCUT2D eigenvalue weighted by molar-refractivity contribution is 4.92. The van der Waals surface area contributed by atoms with Crippen LogP contribution in [0.1, 0.15) is 38.5 Å². The zero-order valence-electron chi connectivity index (χ0n) is 6.55. The first kappa shape index (κ1) is 5.62. The van der Waals surface area contributed by atoms with Gasteiger partial charge in [0.15, 0.2) is 0 Å². The molecule has 4 aliphatic rings. The molecule has 0 radical (unpaired) electrons. The minimum Gasteiger partial charge on any atom is -0.0475 e. The molecule has 4 rings (SSSR count). The van der Waals surface area contributed by atoms with Crippen LogP contribution in [0.3, 0.4) is 0 Å². The van der Waals surface area contributed by atoms with Crippen molar-refractivity contribution in [2.45, 2.75) is 38.5 Å². The zero-order valence-corrected chi connectivity index (χ0v) is 6.55. The summed E-state index contributed by atoms with van der Waals surface area (Å²) in [6.45, 7) is 0. The van der Waals surface area contributed by atoms with Crippen LogP contribution in [-0.2, 0) is 0 Å². The molecular formula is C10H16. The fourth-order valence-corrected chi connectivity index (χ4v) is 3.98. The standard InChI is InChI=1S/C10H16/c1-7-2-9-4-8(1)5-10(3-7)6-9/h7-10H,1-6H2/i7+1. The Kier molecular flexibility index (Phi) is 1.00. The third-order valence-electron chi connectivity index (χ3n) is 4.00. The van der Waals surface area contributed by atoms with Gasteiger partial charge < -0.3 is 0 Å². The summed E-state index contributed by atoms with van der Waals surface area (Å²) in [5.74, 6) is 4.71. The van der Waals surface area contributed by atoms with Crippen LogP contribution >= 0.6 is 0 Å². The molecule has 0 atom stereocenters. The van der Waals surface area contributed by atoms with Gasteiger partial charge in [0.2, 0.25) is 0 Å². The van der Waals surface area contributed by atoms with Gasteiger partial charge in [0.25, 0.3) is 0 Å². The maximum Gasteiger partial charge on any atom is -0.0406 e. The van der Waals surface area contributed by atoms with Crippen molar-refractivity contribution in [3.63, 3.8) is 0 Å². The van der Waals surface area contributed by atoms with Gasteiger partial charge in [-0.25, -0.2) is 0 Å². The van der Waals surface area contributed by atoms with Gasteiger partial charge in [-0.15, -0.1) is 0 Å². The van der Waals surface area contributed by atoms with E-state index in [-0.39, 0.29) is 0 Å². The molecule has 0 saturated heterocycles. The maximum atomic E-state index is 1.60. The number of hydrogen-bond acceptors (Lipinski definition) is 0. The molecule has 0 aromatic rings. The van der Waals surface area contributed by atoms with Crippen molar-refractivity contribution in [2.24, 2.45) is 23.7 Å². The minimum atomic E-state index is 1.18. The first-order chi connectivity index (χ1) is 4.90. The lowest BCUT2D eigenvalue weighted by atomic mass is 9.64. The van der Waals surface area contributed by atoms with E-state index in [2.05, 4.69) is 0 Å². The Morgan fingerprint density at radius 3 is 0.800 bits per heavy atom. The van der Waals surface area contributed by atoms with Crippen molar-refractivity contribution in [2.75, 3.05) is 0 Å². The number of rotatable bonds is 0. The van der Waals surface area contributed by atoms with Gasteiger partial charge in [-0.2, -0.15) is 0 Å². The van der Waals surface area contributed by atoms with Gasteiger partial charge in [-0.1, -0.05) is 0 Å². The molecule has 56 valence electrons. The highest BCUT2D eigenvalue weighted by Gasteiger charge is 2.41. The van der Waals surface area contributed by atoms with E-state index in [0.29, 0.717) is 0 Å². The molecular weight excluding hydrogens is 121 g/mol. The minimum absolute atomic E-state index is 1.18. The van der Waals surface area contributed by atoms with E-state index >= 15 is 0 Å². The summed E-state index contributed by atoms with van der Waals surface area (Å²) in [5.41, 5.74) is 0. The van der Waals surface area contributed by atoms with Crippen molar-refractivity contribution >= 4 is 0 Å². The van der Waals surface area contributed by atoms with Gasteiger partial charge in [-0.05, 0) is 62.2 Å². The molecule has 0 aliphatic heterocycles. The van der Waals surface area contributed by atoms with Gasteiger partial charge in [0.1, 0.15) is 0 Å². The SMILES string of the molecule is C1C2CC3CC1C[13CH](C2)C3. The van der Waals surface area contributed by atoms with Crippen LogP contribution in [-0.4, -0.2) is 0 Å². The van der Waals surface area contributed by atoms with Crippen molar-refractivity contribution in [1.29, 1.82) is 0 Å². The van der Waals surface area contributed by atoms with Crippen molar-refractivity contribution in [3.8, 4) is 0 Å². The quantitative estimate of drug-likeness (QED) is 0.450. The molecule has 0 spiro atoms. The molecule has 0 unspecified atom stereocenters. The largest absolute Gasteiger partial charge is 0.0475 e. The summed E-state index contributed by atoms with van der Waals surface area (Å²) in [5, 5.41) is 0. The Hall–Kier alpha value is 0. The van der Waals surface area contributed by atoms with Crippen LogP contribution in [0, 0.1) is 23.7 Å². The zero-order chi connectivity index (χ0) is 6.55. The molecule has 0 N–H and O–H groups in total. The van der Waals surface area contributed by atoms with E-state index < -0.39 is 0 Å². The average Bonchev–Trinajstić information content (AvgIpc) is 1.82. The highest BCUT2D eigenvalue weighted by Crippen LogP contribution is 2.53. The molecule has 0 heteroatoms. The van der Waals surface area contributed by atoms with Crippen LogP contribution in [0.25, 0.3) is 0 Å². The molecule has 4 fully saturated rings. The second kappa shape index (κ2) is 1.78. The Bertz CT molecular complexity index is 91.6. The average molecular weight is 137 g/mol. The molecule has 0 aromatic heterocycles. The summed E-state index contributed by atoms with van der Waals surface area (Å²) in [6.07, 6.45) is 9.62. The summed E-state index contributed by atoms with van der Waals surface area (Å²) in [7, 11) is 0. The van der Waals surface area contributed by atoms with Crippen LogP contribution in [0.4, 0.5) is 0 Å². The van der Waals surface area contributed by atoms with E-state index in [0.717, 1.165) is 0 Å². The van der Waals surface area contributed by atoms with Crippen LogP contribution in [0.5, 0.6) is 0 Å². The Morgan fingerprint density at radius 2 is 0.600 bits per heavy atom. The summed E-state index contributed by atoms with van der Waals surface area (Å²) in [6, 6.07) is 0. The van der Waals surface area contributed by atoms with Crippen molar-refractivity contribution in [3.05, 3.63) is 0 Å². The molecule has 4 bridgehead atoms. The first-order valence-corrected chi connectivity index (χ1v) is 4.90. The van der Waals surface area contributed by atoms with E-state index in [9.17, 15) is 0 Å². The Balaban J connectivity index is 1.90. The second-order valence-corrected chi connectivity index (χ2v) is 4.88. The monoisotopic (exact) mass is 137 g/mol. The normalized spacial score (nSPS) is 57.6. The summed E-state index contributed by atoms with van der Waals surface area (Å²) < 4.78 is 0. The first-order valence-electron chi connectivity index (χ1n) is 4.90. The molecule has 4 saturated carbocycles. The number of hydrogen-bond donors (Lipinski definition) is 0. The maximum absolute atomic E-state index is 1.60. The third-order valence-corrected chi connectivity index (χ3v) is 4.00. The van der Waals surface area contributed by atoms with E-state index in [4.69, 9.17) is 0 Å². The van der Waals surface area contributed by atoms with Crippen molar-refractivity contribution < 1.29 is 0 Å². The summed E-state index contributed by atoms with van der Waals surface area (Å²) >= 11 is 0. The van der Waals surface area contributed by atoms with Gasteiger partial charge >= 0.3 is 0 Å². The lowest BCUT2D eigenvalue weighted by molar-refractivity contribution is 0.0198. The predicted octanol–water partition coefficient (Wildman–Crippen LogP) is 2.83. The molecule has 4 aliphatic carbocycles. The van der Waals surface area contributed by atoms with Gasteiger partial charge in [0.05, 0.1) is 0 Å². The third kappa shape index (κ3) is 0.681. The van der Waals surface area contributed by atoms with Gasteiger partial charge in [0, 0.05) is 0 Å². The smallest absolute Gasteiger partial charge is 0.0406 e. The lowest BCUT2D eigenvalue weighted by Gasteiger charge is -2.49. The Labute approximate surface area is 63.0 Å². The van der Waals surface area contributed by atoms with E-state index in [1.165, 1.54) is 23.7 Å². The molecule has 0 amide bonds. The van der Waals surface area contributed by atoms with Crippen molar-refractivity contribution in [1.82, 2.24) is 0 Å². The highest BCUT2D eigenvalue weighted by atomic mass is 14.7. The molecule has 0 heterocycles.